The summed E-state index contributed by atoms with van der Waals surface area (Å²) in [5.41, 5.74) is 0. The molecule has 0 atom stereocenters. The minimum Gasteiger partial charge on any atom is -0.356 e. The second kappa shape index (κ2) is 8.51. The quantitative estimate of drug-likeness (QED) is 0.717. The Morgan fingerprint density at radius 3 is 2.53 bits per heavy atom. The maximum absolute atomic E-state index is 11.7. The van der Waals surface area contributed by atoms with E-state index in [0.29, 0.717) is 12.3 Å². The first kappa shape index (κ1) is 14.5. The Balaban J connectivity index is 2.07. The van der Waals surface area contributed by atoms with Gasteiger partial charge in [-0.15, -0.1) is 0 Å². The molecule has 0 radical (unpaired) electrons. The van der Waals surface area contributed by atoms with E-state index >= 15 is 0 Å². The van der Waals surface area contributed by atoms with Crippen LogP contribution in [-0.4, -0.2) is 25.5 Å². The third kappa shape index (κ3) is 6.06. The first-order valence-corrected chi connectivity index (χ1v) is 7.23. The number of hydrogen-bond acceptors (Lipinski definition) is 2. The molecule has 0 bridgehead atoms. The van der Waals surface area contributed by atoms with Gasteiger partial charge in [-0.3, -0.25) is 4.79 Å². The van der Waals surface area contributed by atoms with E-state index in [1.165, 1.54) is 12.8 Å². The van der Waals surface area contributed by atoms with Crippen LogP contribution in [0.25, 0.3) is 0 Å². The molecule has 3 nitrogen and oxygen atoms in total. The number of carbonyl (C=O) groups is 1. The number of nitrogens with one attached hydrogen (secondary N) is 2. The third-order valence-corrected chi connectivity index (χ3v) is 3.98. The maximum atomic E-state index is 11.7. The van der Waals surface area contributed by atoms with Crippen LogP contribution in [0.2, 0.25) is 0 Å². The molecule has 0 aromatic rings. The van der Waals surface area contributed by atoms with Crippen LogP contribution in [-0.2, 0) is 4.79 Å². The summed E-state index contributed by atoms with van der Waals surface area (Å²) in [6, 6.07) is 0. The molecule has 0 saturated carbocycles. The molecule has 1 aliphatic rings. The van der Waals surface area contributed by atoms with Crippen LogP contribution < -0.4 is 10.6 Å². The lowest BCUT2D eigenvalue weighted by atomic mass is 9.93. The van der Waals surface area contributed by atoms with Crippen molar-refractivity contribution in [1.29, 1.82) is 0 Å². The fraction of sp³-hybridized carbons (Fsp3) is 0.929. The van der Waals surface area contributed by atoms with Gasteiger partial charge in [-0.1, -0.05) is 26.7 Å². The minimum absolute atomic E-state index is 0.246. The van der Waals surface area contributed by atoms with Crippen molar-refractivity contribution in [2.24, 2.45) is 11.8 Å². The lowest BCUT2D eigenvalue weighted by Crippen LogP contribution is -2.31. The molecule has 1 aliphatic heterocycles. The van der Waals surface area contributed by atoms with Crippen molar-refractivity contribution < 1.29 is 4.79 Å². The highest BCUT2D eigenvalue weighted by Crippen LogP contribution is 2.17. The van der Waals surface area contributed by atoms with Crippen molar-refractivity contribution in [3.05, 3.63) is 0 Å². The molecule has 3 heteroatoms. The molecule has 1 amide bonds. The van der Waals surface area contributed by atoms with Crippen LogP contribution in [0, 0.1) is 11.8 Å². The highest BCUT2D eigenvalue weighted by molar-refractivity contribution is 5.75. The van der Waals surface area contributed by atoms with E-state index in [0.717, 1.165) is 44.8 Å². The molecule has 0 spiro atoms. The number of rotatable bonds is 7. The van der Waals surface area contributed by atoms with Crippen LogP contribution in [0.4, 0.5) is 0 Å². The zero-order valence-corrected chi connectivity index (χ0v) is 11.4. The summed E-state index contributed by atoms with van der Waals surface area (Å²) in [6.07, 6.45) is 6.57. The smallest absolute Gasteiger partial charge is 0.220 e. The Bertz CT molecular complexity index is 208. The van der Waals surface area contributed by atoms with Crippen LogP contribution in [0.5, 0.6) is 0 Å². The van der Waals surface area contributed by atoms with Crippen molar-refractivity contribution >= 4 is 5.91 Å². The van der Waals surface area contributed by atoms with Gasteiger partial charge in [-0.2, -0.15) is 0 Å². The first-order valence-electron chi connectivity index (χ1n) is 7.23. The van der Waals surface area contributed by atoms with Crippen LogP contribution in [0.3, 0.4) is 0 Å². The molecule has 0 aromatic heterocycles. The van der Waals surface area contributed by atoms with Gasteiger partial charge in [0, 0.05) is 13.0 Å². The van der Waals surface area contributed by atoms with Crippen LogP contribution in [0.15, 0.2) is 0 Å². The van der Waals surface area contributed by atoms with Gasteiger partial charge < -0.3 is 10.6 Å². The van der Waals surface area contributed by atoms with Crippen molar-refractivity contribution in [1.82, 2.24) is 10.6 Å². The van der Waals surface area contributed by atoms with Crippen LogP contribution in [0.1, 0.15) is 52.4 Å². The minimum atomic E-state index is 0.246. The summed E-state index contributed by atoms with van der Waals surface area (Å²) in [6.45, 7) is 7.49. The topological polar surface area (TPSA) is 41.1 Å². The number of hydrogen-bond donors (Lipinski definition) is 2. The van der Waals surface area contributed by atoms with E-state index in [2.05, 4.69) is 24.5 Å². The number of carbonyl (C=O) groups excluding carboxylic acids is 1. The van der Waals surface area contributed by atoms with Crippen molar-refractivity contribution in [3.8, 4) is 0 Å². The third-order valence-electron chi connectivity index (χ3n) is 3.98. The fourth-order valence-electron chi connectivity index (χ4n) is 2.43. The fourth-order valence-corrected chi connectivity index (χ4v) is 2.43. The zero-order chi connectivity index (χ0) is 12.5. The lowest BCUT2D eigenvalue weighted by molar-refractivity contribution is -0.121. The summed E-state index contributed by atoms with van der Waals surface area (Å²) >= 11 is 0. The van der Waals surface area contributed by atoms with Gasteiger partial charge in [0.15, 0.2) is 0 Å². The number of amides is 1. The molecule has 0 unspecified atom stereocenters. The Kier molecular flexibility index (Phi) is 7.25. The van der Waals surface area contributed by atoms with E-state index in [1.54, 1.807) is 0 Å². The molecule has 1 heterocycles. The lowest BCUT2D eigenvalue weighted by Gasteiger charge is -2.22. The van der Waals surface area contributed by atoms with Gasteiger partial charge >= 0.3 is 0 Å². The van der Waals surface area contributed by atoms with Gasteiger partial charge in [-0.05, 0) is 44.2 Å². The van der Waals surface area contributed by atoms with E-state index in [9.17, 15) is 4.79 Å². The predicted molar refractivity (Wildman–Crippen MR) is 71.9 cm³/mol. The van der Waals surface area contributed by atoms with Gasteiger partial charge in [0.25, 0.3) is 0 Å². The molecule has 100 valence electrons. The van der Waals surface area contributed by atoms with Crippen molar-refractivity contribution in [2.45, 2.75) is 52.4 Å². The van der Waals surface area contributed by atoms with Gasteiger partial charge in [0.1, 0.15) is 0 Å². The molecule has 0 aromatic carbocycles. The molecule has 0 aliphatic carbocycles. The van der Waals surface area contributed by atoms with E-state index < -0.39 is 0 Å². The van der Waals surface area contributed by atoms with E-state index in [4.69, 9.17) is 0 Å². The molecule has 1 saturated heterocycles. The van der Waals surface area contributed by atoms with Crippen LogP contribution >= 0.6 is 0 Å². The molecule has 2 N–H and O–H groups in total. The SMILES string of the molecule is CCC(CC)CNC(=O)CCC1CCNCC1. The Labute approximate surface area is 106 Å². The van der Waals surface area contributed by atoms with E-state index in [-0.39, 0.29) is 5.91 Å². The average Bonchev–Trinajstić information content (AvgIpc) is 2.39. The standard InChI is InChI=1S/C14H28N2O/c1-3-12(4-2)11-16-14(17)6-5-13-7-9-15-10-8-13/h12-13,15H,3-11H2,1-2H3,(H,16,17). The monoisotopic (exact) mass is 240 g/mol. The van der Waals surface area contributed by atoms with Crippen molar-refractivity contribution in [2.75, 3.05) is 19.6 Å². The highest BCUT2D eigenvalue weighted by Gasteiger charge is 2.14. The summed E-state index contributed by atoms with van der Waals surface area (Å²) in [7, 11) is 0. The zero-order valence-electron chi connectivity index (χ0n) is 11.4. The summed E-state index contributed by atoms with van der Waals surface area (Å²) in [4.78, 5) is 11.7. The molecular weight excluding hydrogens is 212 g/mol. The largest absolute Gasteiger partial charge is 0.356 e. The summed E-state index contributed by atoms with van der Waals surface area (Å²) < 4.78 is 0. The summed E-state index contributed by atoms with van der Waals surface area (Å²) in [5, 5.41) is 6.43. The normalized spacial score (nSPS) is 17.4. The molecule has 1 fully saturated rings. The Morgan fingerprint density at radius 2 is 1.94 bits per heavy atom. The molecule has 17 heavy (non-hydrogen) atoms. The molecular formula is C14H28N2O. The van der Waals surface area contributed by atoms with Gasteiger partial charge in [0.05, 0.1) is 0 Å². The summed E-state index contributed by atoms with van der Waals surface area (Å²) in [5.74, 6) is 1.66. The maximum Gasteiger partial charge on any atom is 0.220 e. The number of piperidine rings is 1. The van der Waals surface area contributed by atoms with Gasteiger partial charge in [-0.25, -0.2) is 0 Å². The second-order valence-electron chi connectivity index (χ2n) is 5.22. The second-order valence-corrected chi connectivity index (χ2v) is 5.22. The average molecular weight is 240 g/mol. The van der Waals surface area contributed by atoms with Crippen molar-refractivity contribution in [3.63, 3.8) is 0 Å². The van der Waals surface area contributed by atoms with E-state index in [1.807, 2.05) is 0 Å². The Morgan fingerprint density at radius 1 is 1.29 bits per heavy atom. The molecule has 1 rings (SSSR count). The highest BCUT2D eigenvalue weighted by atomic mass is 16.1. The van der Waals surface area contributed by atoms with Gasteiger partial charge in [0.2, 0.25) is 5.91 Å². The first-order chi connectivity index (χ1) is 8.26. The predicted octanol–water partition coefficient (Wildman–Crippen LogP) is 2.32. The Hall–Kier alpha value is -0.570.